The van der Waals surface area contributed by atoms with E-state index in [4.69, 9.17) is 0 Å². The first kappa shape index (κ1) is 14.6. The molecule has 1 aliphatic carbocycles. The van der Waals surface area contributed by atoms with Crippen LogP contribution >= 0.6 is 11.3 Å². The number of hydrogen-bond acceptors (Lipinski definition) is 3. The van der Waals surface area contributed by atoms with Gasteiger partial charge in [0.05, 0.1) is 6.04 Å². The maximum absolute atomic E-state index is 13.1. The zero-order valence-corrected chi connectivity index (χ0v) is 13.4. The van der Waals surface area contributed by atoms with Crippen LogP contribution in [0.25, 0.3) is 0 Å². The molecule has 3 rings (SSSR count). The van der Waals surface area contributed by atoms with Gasteiger partial charge < -0.3 is 10.2 Å². The molecule has 1 N–H and O–H groups in total. The number of piperazine rings is 1. The molecule has 2 heterocycles. The number of hydrogen-bond donors (Lipinski definition) is 1. The Morgan fingerprint density at radius 3 is 2.71 bits per heavy atom. The standard InChI is InChI=1S/C16H22N2O2S/c1-3-12(13-7-6-10-21-13)18-11(2)14(19)17-16(15(18)20)8-4-5-9-16/h6-7,10-12H,3-5,8-9H2,1-2H3,(H,17,19). The minimum absolute atomic E-state index is 0.00786. The van der Waals surface area contributed by atoms with Crippen molar-refractivity contribution in [1.82, 2.24) is 10.2 Å². The molecule has 0 aromatic carbocycles. The fourth-order valence-corrected chi connectivity index (χ4v) is 4.60. The molecule has 2 amide bonds. The van der Waals surface area contributed by atoms with Crippen molar-refractivity contribution in [3.63, 3.8) is 0 Å². The van der Waals surface area contributed by atoms with E-state index in [0.717, 1.165) is 32.1 Å². The van der Waals surface area contributed by atoms with Crippen LogP contribution in [-0.4, -0.2) is 28.3 Å². The first-order chi connectivity index (χ1) is 10.1. The zero-order valence-electron chi connectivity index (χ0n) is 12.6. The molecule has 2 atom stereocenters. The third-order valence-electron chi connectivity index (χ3n) is 4.85. The molecule has 114 valence electrons. The highest BCUT2D eigenvalue weighted by Crippen LogP contribution is 2.39. The summed E-state index contributed by atoms with van der Waals surface area (Å²) in [5.74, 6) is 0.110. The van der Waals surface area contributed by atoms with Crippen molar-refractivity contribution in [3.8, 4) is 0 Å². The van der Waals surface area contributed by atoms with Gasteiger partial charge in [-0.25, -0.2) is 0 Å². The van der Waals surface area contributed by atoms with Gasteiger partial charge in [-0.2, -0.15) is 0 Å². The van der Waals surface area contributed by atoms with E-state index >= 15 is 0 Å². The fraction of sp³-hybridized carbons (Fsp3) is 0.625. The smallest absolute Gasteiger partial charge is 0.249 e. The Balaban J connectivity index is 1.97. The lowest BCUT2D eigenvalue weighted by atomic mass is 9.89. The minimum atomic E-state index is -0.631. The van der Waals surface area contributed by atoms with Crippen molar-refractivity contribution in [3.05, 3.63) is 22.4 Å². The van der Waals surface area contributed by atoms with Gasteiger partial charge in [0.2, 0.25) is 11.8 Å². The van der Waals surface area contributed by atoms with Gasteiger partial charge in [-0.05, 0) is 37.6 Å². The van der Waals surface area contributed by atoms with E-state index in [1.165, 1.54) is 4.88 Å². The van der Waals surface area contributed by atoms with Crippen LogP contribution < -0.4 is 5.32 Å². The second kappa shape index (κ2) is 5.44. The number of nitrogens with one attached hydrogen (secondary N) is 1. The first-order valence-electron chi connectivity index (χ1n) is 7.77. The summed E-state index contributed by atoms with van der Waals surface area (Å²) in [7, 11) is 0. The lowest BCUT2D eigenvalue weighted by Gasteiger charge is -2.46. The lowest BCUT2D eigenvalue weighted by molar-refractivity contribution is -0.157. The largest absolute Gasteiger partial charge is 0.340 e. The average molecular weight is 306 g/mol. The Kier molecular flexibility index (Phi) is 3.78. The quantitative estimate of drug-likeness (QED) is 0.933. The van der Waals surface area contributed by atoms with Gasteiger partial charge in [0, 0.05) is 4.88 Å². The van der Waals surface area contributed by atoms with Crippen molar-refractivity contribution < 1.29 is 9.59 Å². The molecule has 1 saturated carbocycles. The van der Waals surface area contributed by atoms with E-state index in [1.54, 1.807) is 11.3 Å². The SMILES string of the molecule is CCC(c1cccs1)N1C(=O)C2(CCCC2)NC(=O)C1C. The Bertz CT molecular complexity index is 534. The van der Waals surface area contributed by atoms with E-state index in [9.17, 15) is 9.59 Å². The topological polar surface area (TPSA) is 49.4 Å². The summed E-state index contributed by atoms with van der Waals surface area (Å²) < 4.78 is 0. The number of nitrogens with zero attached hydrogens (tertiary/aromatic N) is 1. The van der Waals surface area contributed by atoms with Crippen LogP contribution in [0.5, 0.6) is 0 Å². The maximum Gasteiger partial charge on any atom is 0.249 e. The molecule has 5 heteroatoms. The molecule has 21 heavy (non-hydrogen) atoms. The summed E-state index contributed by atoms with van der Waals surface area (Å²) >= 11 is 1.66. The molecule has 2 fully saturated rings. The summed E-state index contributed by atoms with van der Waals surface area (Å²) in [6.07, 6.45) is 4.43. The van der Waals surface area contributed by atoms with Gasteiger partial charge in [-0.1, -0.05) is 25.8 Å². The van der Waals surface area contributed by atoms with Gasteiger partial charge in [0.25, 0.3) is 0 Å². The summed E-state index contributed by atoms with van der Waals surface area (Å²) in [4.78, 5) is 28.5. The highest BCUT2D eigenvalue weighted by Gasteiger charge is 2.52. The second-order valence-corrected chi connectivity index (χ2v) is 7.09. The number of thiophene rings is 1. The molecular weight excluding hydrogens is 284 g/mol. The summed E-state index contributed by atoms with van der Waals surface area (Å²) in [5.41, 5.74) is -0.631. The van der Waals surface area contributed by atoms with E-state index < -0.39 is 11.6 Å². The van der Waals surface area contributed by atoms with Crippen LogP contribution in [0.3, 0.4) is 0 Å². The number of carbonyl (C=O) groups is 2. The van der Waals surface area contributed by atoms with Crippen LogP contribution in [0, 0.1) is 0 Å². The Hall–Kier alpha value is -1.36. The van der Waals surface area contributed by atoms with Crippen molar-refractivity contribution in [1.29, 1.82) is 0 Å². The Morgan fingerprint density at radius 1 is 1.43 bits per heavy atom. The monoisotopic (exact) mass is 306 g/mol. The van der Waals surface area contributed by atoms with E-state index in [2.05, 4.69) is 18.3 Å². The van der Waals surface area contributed by atoms with Crippen LogP contribution in [0.1, 0.15) is 56.9 Å². The molecule has 4 nitrogen and oxygen atoms in total. The van der Waals surface area contributed by atoms with Crippen LogP contribution in [-0.2, 0) is 9.59 Å². The summed E-state index contributed by atoms with van der Waals surface area (Å²) in [6.45, 7) is 3.92. The van der Waals surface area contributed by atoms with Gasteiger partial charge in [0.1, 0.15) is 11.6 Å². The molecule has 0 radical (unpaired) electrons. The molecule has 0 bridgehead atoms. The number of rotatable bonds is 3. The third kappa shape index (κ3) is 2.27. The fourth-order valence-electron chi connectivity index (χ4n) is 3.69. The molecular formula is C16H22N2O2S. The summed E-state index contributed by atoms with van der Waals surface area (Å²) in [6, 6.07) is 3.69. The minimum Gasteiger partial charge on any atom is -0.340 e. The number of amides is 2. The molecule has 2 unspecified atom stereocenters. The van der Waals surface area contributed by atoms with E-state index in [0.29, 0.717) is 0 Å². The second-order valence-electron chi connectivity index (χ2n) is 6.11. The highest BCUT2D eigenvalue weighted by atomic mass is 32.1. The van der Waals surface area contributed by atoms with Gasteiger partial charge >= 0.3 is 0 Å². The normalized spacial score (nSPS) is 26.2. The molecule has 1 saturated heterocycles. The van der Waals surface area contributed by atoms with Crippen LogP contribution in [0.2, 0.25) is 0 Å². The van der Waals surface area contributed by atoms with Gasteiger partial charge in [-0.3, -0.25) is 9.59 Å². The first-order valence-corrected chi connectivity index (χ1v) is 8.65. The van der Waals surface area contributed by atoms with Crippen molar-refractivity contribution in [2.24, 2.45) is 0 Å². The van der Waals surface area contributed by atoms with Crippen molar-refractivity contribution >= 4 is 23.2 Å². The summed E-state index contributed by atoms with van der Waals surface area (Å²) in [5, 5.41) is 5.05. The molecule has 1 spiro atoms. The van der Waals surface area contributed by atoms with Crippen LogP contribution in [0.4, 0.5) is 0 Å². The third-order valence-corrected chi connectivity index (χ3v) is 5.83. The molecule has 1 aliphatic heterocycles. The molecule has 2 aliphatic rings. The molecule has 1 aromatic rings. The zero-order chi connectivity index (χ0) is 15.0. The number of carbonyl (C=O) groups excluding carboxylic acids is 2. The van der Waals surface area contributed by atoms with Crippen molar-refractivity contribution in [2.45, 2.75) is 63.6 Å². The average Bonchev–Trinajstić information content (AvgIpc) is 3.13. The highest BCUT2D eigenvalue weighted by molar-refractivity contribution is 7.10. The van der Waals surface area contributed by atoms with E-state index in [-0.39, 0.29) is 17.9 Å². The maximum atomic E-state index is 13.1. The molecule has 1 aromatic heterocycles. The lowest BCUT2D eigenvalue weighted by Crippen LogP contribution is -2.69. The Labute approximate surface area is 129 Å². The van der Waals surface area contributed by atoms with Gasteiger partial charge in [0.15, 0.2) is 0 Å². The predicted octanol–water partition coefficient (Wildman–Crippen LogP) is 2.86. The van der Waals surface area contributed by atoms with Gasteiger partial charge in [-0.15, -0.1) is 11.3 Å². The van der Waals surface area contributed by atoms with E-state index in [1.807, 2.05) is 23.3 Å². The van der Waals surface area contributed by atoms with Crippen LogP contribution in [0.15, 0.2) is 17.5 Å². The van der Waals surface area contributed by atoms with Crippen molar-refractivity contribution in [2.75, 3.05) is 0 Å². The Morgan fingerprint density at radius 2 is 2.14 bits per heavy atom. The predicted molar refractivity (Wildman–Crippen MR) is 83.0 cm³/mol.